The summed E-state index contributed by atoms with van der Waals surface area (Å²) >= 11 is 1.28. The van der Waals surface area contributed by atoms with Gasteiger partial charge in [0.05, 0.1) is 5.56 Å². The van der Waals surface area contributed by atoms with E-state index in [4.69, 9.17) is 11.1 Å². The maximum Gasteiger partial charge on any atom is 0.417 e. The molecule has 1 aromatic carbocycles. The van der Waals surface area contributed by atoms with E-state index in [0.29, 0.717) is 4.90 Å². The smallest absolute Gasteiger partial charge is 0.384 e. The Morgan fingerprint density at radius 1 is 1.10 bits per heavy atom. The molecule has 0 amide bonds. The Bertz CT molecular complexity index is 627. The minimum atomic E-state index is -4.53. The zero-order valence-corrected chi connectivity index (χ0v) is 10.9. The summed E-state index contributed by atoms with van der Waals surface area (Å²) in [5.74, 6) is -0.602. The number of halogens is 3. The first kappa shape index (κ1) is 14.4. The van der Waals surface area contributed by atoms with E-state index in [1.807, 2.05) is 0 Å². The fraction of sp³-hybridized carbons (Fsp3) is 0.0769. The van der Waals surface area contributed by atoms with E-state index in [0.717, 1.165) is 11.0 Å². The highest BCUT2D eigenvalue weighted by molar-refractivity contribution is 7.99. The molecule has 2 aromatic rings. The Morgan fingerprint density at radius 3 is 2.30 bits per heavy atom. The van der Waals surface area contributed by atoms with Gasteiger partial charge in [0.15, 0.2) is 0 Å². The van der Waals surface area contributed by atoms with Crippen LogP contribution in [-0.4, -0.2) is 10.8 Å². The average molecular weight is 297 g/mol. The van der Waals surface area contributed by atoms with Crippen LogP contribution in [0.5, 0.6) is 0 Å². The highest BCUT2D eigenvalue weighted by Crippen LogP contribution is 2.35. The van der Waals surface area contributed by atoms with Crippen LogP contribution < -0.4 is 5.73 Å². The summed E-state index contributed by atoms with van der Waals surface area (Å²) in [5, 5.41) is 7.29. The molecule has 3 nitrogen and oxygen atoms in total. The number of hydrogen-bond donors (Lipinski definition) is 2. The maximum atomic E-state index is 12.8. The molecule has 0 aliphatic carbocycles. The number of benzene rings is 1. The fourth-order valence-corrected chi connectivity index (χ4v) is 2.44. The summed E-state index contributed by atoms with van der Waals surface area (Å²) in [7, 11) is 0. The number of aromatic nitrogens is 1. The van der Waals surface area contributed by atoms with Crippen molar-refractivity contribution in [2.75, 3.05) is 0 Å². The van der Waals surface area contributed by atoms with Crippen molar-refractivity contribution in [3.63, 3.8) is 0 Å². The van der Waals surface area contributed by atoms with Crippen molar-refractivity contribution in [1.29, 1.82) is 5.41 Å². The lowest BCUT2D eigenvalue weighted by atomic mass is 10.1. The van der Waals surface area contributed by atoms with Gasteiger partial charge in [-0.3, -0.25) is 10.4 Å². The first-order chi connectivity index (χ1) is 9.38. The van der Waals surface area contributed by atoms with E-state index in [1.54, 1.807) is 24.5 Å². The summed E-state index contributed by atoms with van der Waals surface area (Å²) in [5.41, 5.74) is 4.03. The van der Waals surface area contributed by atoms with Crippen molar-refractivity contribution in [2.24, 2.45) is 5.73 Å². The largest absolute Gasteiger partial charge is 0.417 e. The number of hydrogen-bond acceptors (Lipinski definition) is 3. The van der Waals surface area contributed by atoms with Crippen molar-refractivity contribution in [1.82, 2.24) is 4.98 Å². The number of amidine groups is 1. The number of nitrogens with one attached hydrogen (secondary N) is 1. The molecule has 0 fully saturated rings. The highest BCUT2D eigenvalue weighted by atomic mass is 32.2. The monoisotopic (exact) mass is 297 g/mol. The van der Waals surface area contributed by atoms with Crippen LogP contribution in [0.1, 0.15) is 11.1 Å². The van der Waals surface area contributed by atoms with Crippen LogP contribution in [0, 0.1) is 5.41 Å². The van der Waals surface area contributed by atoms with Gasteiger partial charge in [-0.15, -0.1) is 0 Å². The molecule has 0 saturated heterocycles. The van der Waals surface area contributed by atoms with Gasteiger partial charge in [0.25, 0.3) is 0 Å². The van der Waals surface area contributed by atoms with Crippen LogP contribution in [0.25, 0.3) is 0 Å². The molecule has 20 heavy (non-hydrogen) atoms. The molecule has 0 spiro atoms. The number of pyridine rings is 1. The van der Waals surface area contributed by atoms with Crippen molar-refractivity contribution in [3.05, 3.63) is 53.9 Å². The molecular formula is C13H10F3N3S. The van der Waals surface area contributed by atoms with E-state index in [2.05, 4.69) is 4.98 Å². The molecule has 0 unspecified atom stereocenters. The summed E-state index contributed by atoms with van der Waals surface area (Å²) in [6, 6.07) is 7.07. The summed E-state index contributed by atoms with van der Waals surface area (Å²) in [6.07, 6.45) is -1.34. The molecule has 3 N–H and O–H groups in total. The van der Waals surface area contributed by atoms with Gasteiger partial charge >= 0.3 is 6.18 Å². The van der Waals surface area contributed by atoms with Crippen molar-refractivity contribution in [3.8, 4) is 0 Å². The number of nitrogens with two attached hydrogens (primary N) is 1. The predicted molar refractivity (Wildman–Crippen MR) is 70.8 cm³/mol. The summed E-state index contributed by atoms with van der Waals surface area (Å²) < 4.78 is 38.4. The van der Waals surface area contributed by atoms with Gasteiger partial charge in [0, 0.05) is 27.7 Å². The van der Waals surface area contributed by atoms with Crippen molar-refractivity contribution in [2.45, 2.75) is 16.0 Å². The molecule has 2 rings (SSSR count). The van der Waals surface area contributed by atoms with Crippen LogP contribution in [0.2, 0.25) is 0 Å². The second kappa shape index (κ2) is 5.54. The zero-order valence-electron chi connectivity index (χ0n) is 10.1. The van der Waals surface area contributed by atoms with E-state index >= 15 is 0 Å². The Balaban J connectivity index is 2.38. The van der Waals surface area contributed by atoms with Gasteiger partial charge in [0.2, 0.25) is 0 Å². The molecule has 0 atom stereocenters. The Hall–Kier alpha value is -2.02. The van der Waals surface area contributed by atoms with Crippen LogP contribution in [0.15, 0.2) is 52.5 Å². The van der Waals surface area contributed by atoms with Crippen LogP contribution in [0.4, 0.5) is 13.2 Å². The highest BCUT2D eigenvalue weighted by Gasteiger charge is 2.34. The minimum absolute atomic E-state index is 0.309. The number of alkyl halides is 3. The molecule has 104 valence electrons. The van der Waals surface area contributed by atoms with Gasteiger partial charge in [-0.05, 0) is 30.3 Å². The van der Waals surface area contributed by atoms with Crippen molar-refractivity contribution >= 4 is 17.6 Å². The van der Waals surface area contributed by atoms with E-state index < -0.39 is 17.6 Å². The first-order valence-electron chi connectivity index (χ1n) is 5.51. The average Bonchev–Trinajstić information content (AvgIpc) is 2.38. The third-order valence-corrected chi connectivity index (χ3v) is 3.47. The fourth-order valence-electron chi connectivity index (χ4n) is 1.60. The Kier molecular flexibility index (Phi) is 3.99. The lowest BCUT2D eigenvalue weighted by Gasteiger charge is -2.13. The molecule has 0 bridgehead atoms. The Labute approximate surface area is 117 Å². The number of nitrogens with zero attached hydrogens (tertiary/aromatic N) is 1. The third kappa shape index (κ3) is 3.30. The maximum absolute atomic E-state index is 12.8. The first-order valence-corrected chi connectivity index (χ1v) is 6.33. The normalized spacial score (nSPS) is 11.3. The van der Waals surface area contributed by atoms with Gasteiger partial charge in [-0.1, -0.05) is 11.8 Å². The molecule has 1 aromatic heterocycles. The lowest BCUT2D eigenvalue weighted by molar-refractivity contribution is -0.137. The second-order valence-corrected chi connectivity index (χ2v) is 5.05. The van der Waals surface area contributed by atoms with E-state index in [9.17, 15) is 13.2 Å². The van der Waals surface area contributed by atoms with Gasteiger partial charge in [0.1, 0.15) is 5.84 Å². The predicted octanol–water partition coefficient (Wildman–Crippen LogP) is 3.54. The summed E-state index contributed by atoms with van der Waals surface area (Å²) in [4.78, 5) is 5.28. The van der Waals surface area contributed by atoms with Crippen LogP contribution in [0.3, 0.4) is 0 Å². The minimum Gasteiger partial charge on any atom is -0.384 e. The van der Waals surface area contributed by atoms with Gasteiger partial charge in [-0.25, -0.2) is 0 Å². The Morgan fingerprint density at radius 2 is 1.75 bits per heavy atom. The molecule has 7 heteroatoms. The van der Waals surface area contributed by atoms with Gasteiger partial charge < -0.3 is 5.73 Å². The molecule has 0 radical (unpaired) electrons. The van der Waals surface area contributed by atoms with E-state index in [1.165, 1.54) is 23.9 Å². The van der Waals surface area contributed by atoms with E-state index in [-0.39, 0.29) is 5.56 Å². The second-order valence-electron chi connectivity index (χ2n) is 3.90. The molecule has 0 saturated carbocycles. The molecule has 1 heterocycles. The third-order valence-electron chi connectivity index (χ3n) is 2.47. The van der Waals surface area contributed by atoms with Crippen LogP contribution in [-0.2, 0) is 6.18 Å². The number of rotatable bonds is 3. The zero-order chi connectivity index (χ0) is 14.8. The topological polar surface area (TPSA) is 62.8 Å². The molecule has 0 aliphatic heterocycles. The SMILES string of the molecule is N=C(N)c1cc(Sc2ccncc2)ccc1C(F)(F)F. The summed E-state index contributed by atoms with van der Waals surface area (Å²) in [6.45, 7) is 0. The lowest BCUT2D eigenvalue weighted by Crippen LogP contribution is -2.18. The number of nitrogen functional groups attached to an aromatic ring is 1. The molecule has 0 aliphatic rings. The van der Waals surface area contributed by atoms with Gasteiger partial charge in [-0.2, -0.15) is 13.2 Å². The van der Waals surface area contributed by atoms with Crippen molar-refractivity contribution < 1.29 is 13.2 Å². The quantitative estimate of drug-likeness (QED) is 0.673. The molecular weight excluding hydrogens is 287 g/mol. The van der Waals surface area contributed by atoms with Crippen LogP contribution >= 0.6 is 11.8 Å². The standard InChI is InChI=1S/C13H10F3N3S/c14-13(15,16)11-2-1-9(7-10(11)12(17)18)20-8-3-5-19-6-4-8/h1-7H,(H3,17,18).